The third-order valence-electron chi connectivity index (χ3n) is 6.13. The van der Waals surface area contributed by atoms with Crippen molar-refractivity contribution in [1.29, 1.82) is 0 Å². The molecule has 2 atom stereocenters. The van der Waals surface area contributed by atoms with Gasteiger partial charge in [-0.3, -0.25) is 4.79 Å². The van der Waals surface area contributed by atoms with Gasteiger partial charge in [-0.15, -0.1) is 0 Å². The molecule has 4 rings (SSSR count). The molecule has 174 valence electrons. The minimum absolute atomic E-state index is 0.218. The molecule has 0 radical (unpaired) electrons. The predicted octanol–water partition coefficient (Wildman–Crippen LogP) is 5.14. The molecule has 2 unspecified atom stereocenters. The molecule has 0 fully saturated rings. The summed E-state index contributed by atoms with van der Waals surface area (Å²) >= 11 is 3.70. The Morgan fingerprint density at radius 3 is 2.79 bits per heavy atom. The summed E-state index contributed by atoms with van der Waals surface area (Å²) < 4.78 is 12.7. The zero-order valence-electron chi connectivity index (χ0n) is 19.8. The number of fused-ring (bicyclic) bond motifs is 2. The van der Waals surface area contributed by atoms with Crippen molar-refractivity contribution in [3.63, 3.8) is 0 Å². The summed E-state index contributed by atoms with van der Waals surface area (Å²) in [4.78, 5) is 15.1. The average molecular weight is 484 g/mol. The van der Waals surface area contributed by atoms with Gasteiger partial charge in [-0.1, -0.05) is 30.8 Å². The molecule has 0 saturated carbocycles. The van der Waals surface area contributed by atoms with Crippen LogP contribution in [0.15, 0.2) is 69.8 Å². The molecule has 2 aliphatic heterocycles. The number of carbonyl (C=O) groups excluding carboxylic acids is 1. The summed E-state index contributed by atoms with van der Waals surface area (Å²) in [5.41, 5.74) is 3.40. The molecular formula is C26H31N2O3S2+. The Balaban J connectivity index is 1.59. The fraction of sp³-hybridized carbons (Fsp3) is 0.385. The third kappa shape index (κ3) is 4.94. The molecule has 33 heavy (non-hydrogen) atoms. The Kier molecular flexibility index (Phi) is 7.39. The number of methoxy groups -OCH3 is 2. The Hall–Kier alpha value is -2.38. The van der Waals surface area contributed by atoms with Gasteiger partial charge >= 0.3 is 5.97 Å². The van der Waals surface area contributed by atoms with E-state index in [4.69, 9.17) is 9.47 Å². The number of nitrogens with zero attached hydrogens (tertiary/aromatic N) is 2. The second kappa shape index (κ2) is 10.3. The van der Waals surface area contributed by atoms with Crippen LogP contribution in [0.25, 0.3) is 0 Å². The Bertz CT molecular complexity index is 1100. The van der Waals surface area contributed by atoms with E-state index in [1.807, 2.05) is 17.8 Å². The van der Waals surface area contributed by atoms with Crippen molar-refractivity contribution in [2.75, 3.05) is 32.7 Å². The molecule has 3 aliphatic rings. The van der Waals surface area contributed by atoms with Crippen LogP contribution >= 0.6 is 23.5 Å². The number of anilines is 1. The number of ether oxygens (including phenoxy) is 2. The first-order chi connectivity index (χ1) is 16.0. The van der Waals surface area contributed by atoms with Gasteiger partial charge < -0.3 is 14.4 Å². The molecule has 2 heterocycles. The van der Waals surface area contributed by atoms with E-state index >= 15 is 0 Å². The minimum atomic E-state index is -0.218. The number of hydrogen-bond acceptors (Lipinski definition) is 6. The van der Waals surface area contributed by atoms with Gasteiger partial charge in [0.1, 0.15) is 12.3 Å². The number of allylic oxidation sites excluding steroid dienone is 3. The van der Waals surface area contributed by atoms with Crippen LogP contribution < -0.4 is 4.90 Å². The third-order valence-corrected chi connectivity index (χ3v) is 8.60. The van der Waals surface area contributed by atoms with Gasteiger partial charge in [0.25, 0.3) is 0 Å². The highest BCUT2D eigenvalue weighted by Gasteiger charge is 2.40. The van der Waals surface area contributed by atoms with Crippen LogP contribution in [0, 0.1) is 0 Å². The molecule has 0 bridgehead atoms. The number of likely N-dealkylation sites (N-methyl/N-ethyl adjacent to an activating group) is 1. The normalized spacial score (nSPS) is 23.1. The number of rotatable bonds is 7. The quantitative estimate of drug-likeness (QED) is 0.395. The highest BCUT2D eigenvalue weighted by molar-refractivity contribution is 8.15. The average Bonchev–Trinajstić information content (AvgIpc) is 3.34. The van der Waals surface area contributed by atoms with Gasteiger partial charge in [0, 0.05) is 24.1 Å². The van der Waals surface area contributed by atoms with Crippen molar-refractivity contribution in [1.82, 2.24) is 0 Å². The molecule has 0 amide bonds. The fourth-order valence-corrected chi connectivity index (χ4v) is 6.74. The first-order valence-corrected chi connectivity index (χ1v) is 12.9. The molecule has 5 nitrogen and oxygen atoms in total. The lowest BCUT2D eigenvalue weighted by molar-refractivity contribution is -0.543. The summed E-state index contributed by atoms with van der Waals surface area (Å²) in [6.45, 7) is 5.37. The topological polar surface area (TPSA) is 41.8 Å². The van der Waals surface area contributed by atoms with E-state index in [9.17, 15) is 4.79 Å². The van der Waals surface area contributed by atoms with Crippen LogP contribution in [0.5, 0.6) is 0 Å². The number of hydrogen-bond donors (Lipinski definition) is 0. The lowest BCUT2D eigenvalue weighted by atomic mass is 10.1. The molecule has 1 aromatic carbocycles. The van der Waals surface area contributed by atoms with Crippen molar-refractivity contribution in [2.45, 2.75) is 42.9 Å². The summed E-state index contributed by atoms with van der Waals surface area (Å²) in [6.07, 6.45) is 12.4. The van der Waals surface area contributed by atoms with E-state index in [0.29, 0.717) is 17.7 Å². The van der Waals surface area contributed by atoms with Crippen LogP contribution in [-0.2, 0) is 20.7 Å². The van der Waals surface area contributed by atoms with Gasteiger partial charge in [-0.25, -0.2) is 4.58 Å². The molecule has 0 spiro atoms. The number of esters is 1. The van der Waals surface area contributed by atoms with Crippen LogP contribution in [-0.4, -0.2) is 54.7 Å². The molecule has 0 saturated heterocycles. The van der Waals surface area contributed by atoms with Crippen molar-refractivity contribution in [3.05, 3.63) is 70.5 Å². The fourth-order valence-electron chi connectivity index (χ4n) is 4.22. The first kappa shape index (κ1) is 23.8. The van der Waals surface area contributed by atoms with Gasteiger partial charge in [-0.05, 0) is 60.5 Å². The van der Waals surface area contributed by atoms with Gasteiger partial charge in [0.05, 0.1) is 36.6 Å². The summed E-state index contributed by atoms with van der Waals surface area (Å²) in [6, 6.07) is 6.53. The molecule has 0 aromatic heterocycles. The molecule has 0 N–H and O–H groups in total. The zero-order valence-corrected chi connectivity index (χ0v) is 21.5. The molecule has 1 aromatic rings. The maximum atomic E-state index is 11.7. The van der Waals surface area contributed by atoms with Crippen LogP contribution in [0.2, 0.25) is 0 Å². The van der Waals surface area contributed by atoms with E-state index < -0.39 is 0 Å². The van der Waals surface area contributed by atoms with Crippen molar-refractivity contribution < 1.29 is 18.8 Å². The van der Waals surface area contributed by atoms with Crippen molar-refractivity contribution in [3.8, 4) is 0 Å². The van der Waals surface area contributed by atoms with Gasteiger partial charge in [0.15, 0.2) is 6.04 Å². The molecule has 1 aliphatic carbocycles. The Labute approximate surface area is 204 Å². The zero-order chi connectivity index (χ0) is 23.5. The van der Waals surface area contributed by atoms with E-state index in [1.165, 1.54) is 27.7 Å². The van der Waals surface area contributed by atoms with E-state index in [-0.39, 0.29) is 5.97 Å². The maximum Gasteiger partial charge on any atom is 0.309 e. The van der Waals surface area contributed by atoms with Gasteiger partial charge in [-0.2, -0.15) is 0 Å². The van der Waals surface area contributed by atoms with Crippen LogP contribution in [0.1, 0.15) is 25.8 Å². The Morgan fingerprint density at radius 1 is 1.27 bits per heavy atom. The van der Waals surface area contributed by atoms with E-state index in [0.717, 1.165) is 30.0 Å². The van der Waals surface area contributed by atoms with E-state index in [2.05, 4.69) is 72.9 Å². The highest BCUT2D eigenvalue weighted by atomic mass is 32.2. The maximum absolute atomic E-state index is 11.7. The largest absolute Gasteiger partial charge is 0.497 e. The van der Waals surface area contributed by atoms with E-state index in [1.54, 1.807) is 18.9 Å². The Morgan fingerprint density at radius 2 is 2.09 bits per heavy atom. The second-order valence-electron chi connectivity index (χ2n) is 8.10. The first-order valence-electron chi connectivity index (χ1n) is 11.2. The van der Waals surface area contributed by atoms with Crippen molar-refractivity contribution in [2.24, 2.45) is 0 Å². The van der Waals surface area contributed by atoms with Crippen LogP contribution in [0.3, 0.4) is 0 Å². The number of carbonyl (C=O) groups is 1. The SMILES string of the molecule is CCC(=CC1=[N+](CC)C2C=C(OC)C=CC2S1)/C=C1\Sc2ccc(CC(=O)OC)cc2N1C. The lowest BCUT2D eigenvalue weighted by Gasteiger charge is -2.15. The number of benzene rings is 1. The summed E-state index contributed by atoms with van der Waals surface area (Å²) in [5, 5.41) is 2.92. The lowest BCUT2D eigenvalue weighted by Crippen LogP contribution is -2.30. The summed E-state index contributed by atoms with van der Waals surface area (Å²) in [7, 11) is 5.24. The summed E-state index contributed by atoms with van der Waals surface area (Å²) in [5.74, 6) is 0.719. The smallest absolute Gasteiger partial charge is 0.309 e. The second-order valence-corrected chi connectivity index (χ2v) is 10.4. The molecule has 7 heteroatoms. The predicted molar refractivity (Wildman–Crippen MR) is 138 cm³/mol. The monoisotopic (exact) mass is 483 g/mol. The molecular weight excluding hydrogens is 452 g/mol. The van der Waals surface area contributed by atoms with Crippen molar-refractivity contribution >= 4 is 40.2 Å². The standard InChI is InChI=1S/C26H31N2O3S2/c1-6-17(14-25-28(7-2)21-16-19(30-4)9-11-23(21)33-25)13-24-27(3)20-12-18(15-26(29)31-5)8-10-22(20)32-24/h8-14,16,21,23H,6-7,15H2,1-5H3/q+1. The van der Waals surface area contributed by atoms with Gasteiger partial charge in [0.2, 0.25) is 5.04 Å². The number of thioether (sulfide) groups is 2. The minimum Gasteiger partial charge on any atom is -0.497 e. The van der Waals surface area contributed by atoms with Crippen LogP contribution in [0.4, 0.5) is 5.69 Å². The highest BCUT2D eigenvalue weighted by Crippen LogP contribution is 2.46.